The van der Waals surface area contributed by atoms with Crippen molar-refractivity contribution in [3.63, 3.8) is 0 Å². The maximum absolute atomic E-state index is 9.22. The van der Waals surface area contributed by atoms with Gasteiger partial charge in [-0.25, -0.2) is 0 Å². The van der Waals surface area contributed by atoms with Gasteiger partial charge in [0.1, 0.15) is 21.6 Å². The van der Waals surface area contributed by atoms with Crippen molar-refractivity contribution >= 4 is 34.9 Å². The van der Waals surface area contributed by atoms with Crippen molar-refractivity contribution in [3.8, 4) is 23.2 Å². The molecule has 0 N–H and O–H groups in total. The summed E-state index contributed by atoms with van der Waals surface area (Å²) in [5, 5.41) is 18.6. The Morgan fingerprint density at radius 3 is 2.80 bits per heavy atom. The highest BCUT2D eigenvalue weighted by Crippen LogP contribution is 2.37. The molecule has 0 aliphatic heterocycles. The van der Waals surface area contributed by atoms with Crippen LogP contribution in [0.25, 0.3) is 11.4 Å². The molecular formula is C16H12ClN5OS2. The van der Waals surface area contributed by atoms with E-state index >= 15 is 0 Å². The summed E-state index contributed by atoms with van der Waals surface area (Å²) in [4.78, 5) is 0. The number of allylic oxidation sites excluding steroid dienone is 1. The number of benzene rings is 1. The van der Waals surface area contributed by atoms with Crippen molar-refractivity contribution in [3.05, 3.63) is 47.6 Å². The summed E-state index contributed by atoms with van der Waals surface area (Å²) < 4.78 is 11.8. The molecule has 2 aromatic heterocycles. The quantitative estimate of drug-likeness (QED) is 0.586. The fourth-order valence-electron chi connectivity index (χ4n) is 2.11. The number of nitrogens with zero attached hydrogens (tertiary/aromatic N) is 5. The Morgan fingerprint density at radius 2 is 2.16 bits per heavy atom. The van der Waals surface area contributed by atoms with Gasteiger partial charge >= 0.3 is 0 Å². The Bertz CT molecular complexity index is 943. The van der Waals surface area contributed by atoms with Gasteiger partial charge in [0.15, 0.2) is 16.1 Å². The molecule has 0 bridgehead atoms. The molecule has 0 unspecified atom stereocenters. The van der Waals surface area contributed by atoms with Gasteiger partial charge in [-0.05, 0) is 47.6 Å². The van der Waals surface area contributed by atoms with E-state index in [0.717, 1.165) is 11.3 Å². The van der Waals surface area contributed by atoms with Crippen molar-refractivity contribution < 1.29 is 4.74 Å². The van der Waals surface area contributed by atoms with E-state index in [1.54, 1.807) is 13.2 Å². The smallest absolute Gasteiger partial charge is 0.197 e. The topological polar surface area (TPSA) is 76.6 Å². The number of rotatable bonds is 6. The minimum absolute atomic E-state index is 0.208. The SMILES string of the molecule is C=CCn1c(Sc2snc(Cl)c2C#N)nnc1-c1ccc(OC)cc1. The van der Waals surface area contributed by atoms with Crippen molar-refractivity contribution in [2.75, 3.05) is 7.11 Å². The van der Waals surface area contributed by atoms with Gasteiger partial charge in [0.25, 0.3) is 0 Å². The number of halogens is 1. The van der Waals surface area contributed by atoms with Crippen LogP contribution in [0.1, 0.15) is 5.56 Å². The third kappa shape index (κ3) is 3.54. The molecule has 126 valence electrons. The van der Waals surface area contributed by atoms with Gasteiger partial charge < -0.3 is 4.74 Å². The Kier molecular flexibility index (Phi) is 5.38. The van der Waals surface area contributed by atoms with E-state index in [-0.39, 0.29) is 5.15 Å². The number of hydrogen-bond acceptors (Lipinski definition) is 7. The second-order valence-corrected chi connectivity index (χ2v) is 7.15. The van der Waals surface area contributed by atoms with Gasteiger partial charge in [0.05, 0.1) is 7.11 Å². The first-order chi connectivity index (χ1) is 12.2. The Labute approximate surface area is 157 Å². The molecule has 0 radical (unpaired) electrons. The third-order valence-electron chi connectivity index (χ3n) is 3.29. The van der Waals surface area contributed by atoms with Crippen molar-refractivity contribution in [2.24, 2.45) is 0 Å². The normalized spacial score (nSPS) is 10.4. The molecule has 25 heavy (non-hydrogen) atoms. The molecule has 6 nitrogen and oxygen atoms in total. The maximum Gasteiger partial charge on any atom is 0.197 e. The minimum Gasteiger partial charge on any atom is -0.497 e. The van der Waals surface area contributed by atoms with Crippen molar-refractivity contribution in [1.29, 1.82) is 5.26 Å². The molecule has 3 aromatic rings. The highest BCUT2D eigenvalue weighted by molar-refractivity contribution is 8.01. The van der Waals surface area contributed by atoms with Crippen LogP contribution >= 0.6 is 34.9 Å². The Balaban J connectivity index is 1.99. The fraction of sp³-hybridized carbons (Fsp3) is 0.125. The zero-order chi connectivity index (χ0) is 17.8. The predicted octanol–water partition coefficient (Wildman–Crippen LogP) is 4.27. The first kappa shape index (κ1) is 17.5. The van der Waals surface area contributed by atoms with Gasteiger partial charge in [-0.2, -0.15) is 9.64 Å². The molecule has 1 aromatic carbocycles. The van der Waals surface area contributed by atoms with Crippen LogP contribution in [0, 0.1) is 11.3 Å². The maximum atomic E-state index is 9.22. The number of hydrogen-bond donors (Lipinski definition) is 0. The van der Waals surface area contributed by atoms with Gasteiger partial charge in [-0.1, -0.05) is 17.7 Å². The molecular weight excluding hydrogens is 378 g/mol. The van der Waals surface area contributed by atoms with E-state index in [1.807, 2.05) is 28.8 Å². The zero-order valence-corrected chi connectivity index (χ0v) is 15.5. The fourth-order valence-corrected chi connectivity index (χ4v) is 4.20. The Morgan fingerprint density at radius 1 is 1.40 bits per heavy atom. The summed E-state index contributed by atoms with van der Waals surface area (Å²) in [7, 11) is 1.62. The highest BCUT2D eigenvalue weighted by Gasteiger charge is 2.19. The molecule has 0 aliphatic rings. The van der Waals surface area contributed by atoms with Crippen LogP contribution < -0.4 is 4.74 Å². The summed E-state index contributed by atoms with van der Waals surface area (Å²) in [5.41, 5.74) is 1.26. The first-order valence-electron chi connectivity index (χ1n) is 7.09. The molecule has 2 heterocycles. The first-order valence-corrected chi connectivity index (χ1v) is 9.06. The van der Waals surface area contributed by atoms with E-state index in [1.165, 1.54) is 23.3 Å². The highest BCUT2D eigenvalue weighted by atomic mass is 35.5. The lowest BCUT2D eigenvalue weighted by Crippen LogP contribution is -2.00. The second kappa shape index (κ2) is 7.70. The lowest BCUT2D eigenvalue weighted by molar-refractivity contribution is 0.415. The minimum atomic E-state index is 0.208. The number of aromatic nitrogens is 4. The van der Waals surface area contributed by atoms with Crippen LogP contribution in [0.3, 0.4) is 0 Å². The molecule has 0 atom stereocenters. The van der Waals surface area contributed by atoms with Crippen LogP contribution in [0.2, 0.25) is 5.15 Å². The van der Waals surface area contributed by atoms with E-state index in [4.69, 9.17) is 16.3 Å². The summed E-state index contributed by atoms with van der Waals surface area (Å²) >= 11 is 8.42. The van der Waals surface area contributed by atoms with E-state index in [2.05, 4.69) is 27.2 Å². The zero-order valence-electron chi connectivity index (χ0n) is 13.1. The number of ether oxygens (including phenoxy) is 1. The molecule has 9 heteroatoms. The average Bonchev–Trinajstić information content (AvgIpc) is 3.19. The van der Waals surface area contributed by atoms with Crippen LogP contribution in [-0.2, 0) is 6.54 Å². The monoisotopic (exact) mass is 389 g/mol. The van der Waals surface area contributed by atoms with Gasteiger partial charge in [-0.3, -0.25) is 4.57 Å². The van der Waals surface area contributed by atoms with Crippen LogP contribution in [0.15, 0.2) is 46.3 Å². The largest absolute Gasteiger partial charge is 0.497 e. The molecule has 0 amide bonds. The second-order valence-electron chi connectivity index (χ2n) is 4.78. The van der Waals surface area contributed by atoms with Gasteiger partial charge in [-0.15, -0.1) is 16.8 Å². The number of nitriles is 1. The van der Waals surface area contributed by atoms with E-state index in [0.29, 0.717) is 27.3 Å². The van der Waals surface area contributed by atoms with Gasteiger partial charge in [0.2, 0.25) is 0 Å². The summed E-state index contributed by atoms with van der Waals surface area (Å²) in [6, 6.07) is 9.64. The standard InChI is InChI=1S/C16H12ClN5OS2/c1-3-8-22-14(10-4-6-11(23-2)7-5-10)19-20-16(22)24-15-12(9-18)13(17)21-25-15/h3-7H,1,8H2,2H3. The predicted molar refractivity (Wildman–Crippen MR) is 98.2 cm³/mol. The Hall–Kier alpha value is -2.34. The number of methoxy groups -OCH3 is 1. The molecule has 3 rings (SSSR count). The van der Waals surface area contributed by atoms with E-state index in [9.17, 15) is 5.26 Å². The van der Waals surface area contributed by atoms with Crippen LogP contribution in [0.4, 0.5) is 0 Å². The summed E-state index contributed by atoms with van der Waals surface area (Å²) in [5.74, 6) is 1.48. The summed E-state index contributed by atoms with van der Waals surface area (Å²) in [6.45, 7) is 4.33. The van der Waals surface area contributed by atoms with Crippen LogP contribution in [0.5, 0.6) is 5.75 Å². The van der Waals surface area contributed by atoms with Crippen molar-refractivity contribution in [2.45, 2.75) is 15.9 Å². The molecule has 0 spiro atoms. The van der Waals surface area contributed by atoms with Crippen molar-refractivity contribution in [1.82, 2.24) is 19.1 Å². The lowest BCUT2D eigenvalue weighted by atomic mass is 10.2. The lowest BCUT2D eigenvalue weighted by Gasteiger charge is -2.07. The van der Waals surface area contributed by atoms with Crippen LogP contribution in [-0.4, -0.2) is 26.2 Å². The third-order valence-corrected chi connectivity index (χ3v) is 5.66. The molecule has 0 fully saturated rings. The average molecular weight is 390 g/mol. The molecule has 0 saturated heterocycles. The molecule has 0 aliphatic carbocycles. The molecule has 0 saturated carbocycles. The van der Waals surface area contributed by atoms with E-state index < -0.39 is 0 Å². The van der Waals surface area contributed by atoms with Gasteiger partial charge in [0, 0.05) is 12.1 Å². The summed E-state index contributed by atoms with van der Waals surface area (Å²) in [6.07, 6.45) is 1.77.